The van der Waals surface area contributed by atoms with Gasteiger partial charge in [0, 0.05) is 12.1 Å². The van der Waals surface area contributed by atoms with Crippen molar-refractivity contribution in [3.63, 3.8) is 0 Å². The third-order valence-corrected chi connectivity index (χ3v) is 2.94. The first kappa shape index (κ1) is 13.1. The van der Waals surface area contributed by atoms with Gasteiger partial charge in [-0.05, 0) is 6.07 Å². The number of carbonyl (C=O) groups is 1. The summed E-state index contributed by atoms with van der Waals surface area (Å²) in [5, 5.41) is 2.99. The highest BCUT2D eigenvalue weighted by atomic mass is 32.2. The predicted molar refractivity (Wildman–Crippen MR) is 71.6 cm³/mol. The lowest BCUT2D eigenvalue weighted by Gasteiger charge is -1.99. The zero-order valence-corrected chi connectivity index (χ0v) is 10.7. The highest BCUT2D eigenvalue weighted by molar-refractivity contribution is 7.99. The Balaban J connectivity index is 1.92. The first-order chi connectivity index (χ1) is 9.13. The number of nitrogens with zero attached hydrogens (tertiary/aromatic N) is 1. The molecule has 2 aromatic heterocycles. The maximum atomic E-state index is 11.7. The van der Waals surface area contributed by atoms with Crippen LogP contribution in [0.15, 0.2) is 40.4 Å². The topological polar surface area (TPSA) is 115 Å². The first-order valence-electron chi connectivity index (χ1n) is 5.40. The number of carbonyl (C=O) groups excluding carboxylic acids is 1. The van der Waals surface area contributed by atoms with E-state index in [-0.39, 0.29) is 23.0 Å². The van der Waals surface area contributed by atoms with Gasteiger partial charge in [0.05, 0.1) is 6.20 Å². The standard InChI is InChI=1S/C11H11N5O2S/c12-7-5-9(17)16-11(14-7)19-6-10(18)15-8-3-1-2-4-13-8/h1-5H,6H2,(H,13,15,18)(H3,12,14,16,17)/p+1. The summed E-state index contributed by atoms with van der Waals surface area (Å²) in [6, 6.07) is 6.54. The second-order valence-corrected chi connectivity index (χ2v) is 4.55. The molecule has 0 aliphatic heterocycles. The van der Waals surface area contributed by atoms with E-state index in [1.807, 2.05) is 6.07 Å². The SMILES string of the molecule is Nc1cc(=O)[nH]c(SCC(=O)Nc2cccc[nH+]2)n1. The maximum absolute atomic E-state index is 11.7. The molecule has 0 saturated carbocycles. The quantitative estimate of drug-likeness (QED) is 0.533. The van der Waals surface area contributed by atoms with Gasteiger partial charge in [0.25, 0.3) is 11.4 Å². The van der Waals surface area contributed by atoms with Gasteiger partial charge in [0.2, 0.25) is 0 Å². The lowest BCUT2D eigenvalue weighted by atomic mass is 10.4. The zero-order chi connectivity index (χ0) is 13.7. The van der Waals surface area contributed by atoms with Gasteiger partial charge < -0.3 is 10.7 Å². The average Bonchev–Trinajstić information content (AvgIpc) is 2.36. The molecule has 0 spiro atoms. The van der Waals surface area contributed by atoms with Crippen LogP contribution < -0.4 is 21.6 Å². The molecule has 0 saturated heterocycles. The Morgan fingerprint density at radius 1 is 1.53 bits per heavy atom. The largest absolute Gasteiger partial charge is 0.383 e. The third-order valence-electron chi connectivity index (χ3n) is 2.06. The number of nitrogen functional groups attached to an aromatic ring is 1. The molecule has 1 amide bonds. The predicted octanol–water partition coefficient (Wildman–Crippen LogP) is -0.103. The molecule has 7 nitrogen and oxygen atoms in total. The fourth-order valence-corrected chi connectivity index (χ4v) is 2.00. The van der Waals surface area contributed by atoms with Crippen LogP contribution in [0.25, 0.3) is 0 Å². The summed E-state index contributed by atoms with van der Waals surface area (Å²) in [6.45, 7) is 0. The van der Waals surface area contributed by atoms with Crippen LogP contribution in [0.1, 0.15) is 0 Å². The monoisotopic (exact) mass is 278 g/mol. The van der Waals surface area contributed by atoms with Gasteiger partial charge in [-0.2, -0.15) is 0 Å². The number of H-pyrrole nitrogens is 2. The number of nitrogens with one attached hydrogen (secondary N) is 3. The molecular weight excluding hydrogens is 266 g/mol. The van der Waals surface area contributed by atoms with E-state index in [9.17, 15) is 9.59 Å². The molecule has 0 aliphatic carbocycles. The van der Waals surface area contributed by atoms with Crippen LogP contribution >= 0.6 is 11.8 Å². The number of pyridine rings is 1. The van der Waals surface area contributed by atoms with Gasteiger partial charge in [0.1, 0.15) is 11.6 Å². The number of amides is 1. The first-order valence-corrected chi connectivity index (χ1v) is 6.38. The summed E-state index contributed by atoms with van der Waals surface area (Å²) in [7, 11) is 0. The maximum Gasteiger partial charge on any atom is 0.317 e. The van der Waals surface area contributed by atoms with Gasteiger partial charge in [-0.3, -0.25) is 4.79 Å². The summed E-state index contributed by atoms with van der Waals surface area (Å²) >= 11 is 1.10. The van der Waals surface area contributed by atoms with Crippen molar-refractivity contribution in [2.45, 2.75) is 5.16 Å². The Morgan fingerprint density at radius 3 is 3.05 bits per heavy atom. The summed E-state index contributed by atoms with van der Waals surface area (Å²) in [5.74, 6) is 0.637. The molecular formula is C11H12N5O2S+. The third kappa shape index (κ3) is 4.11. The molecule has 2 heterocycles. The van der Waals surface area contributed by atoms with E-state index < -0.39 is 0 Å². The van der Waals surface area contributed by atoms with Crippen LogP contribution in [0.5, 0.6) is 0 Å². The Kier molecular flexibility index (Phi) is 4.14. The van der Waals surface area contributed by atoms with Crippen molar-refractivity contribution in [3.8, 4) is 0 Å². The summed E-state index contributed by atoms with van der Waals surface area (Å²) in [5.41, 5.74) is 5.10. The van der Waals surface area contributed by atoms with Crippen LogP contribution in [0.2, 0.25) is 0 Å². The van der Waals surface area contributed by atoms with Crippen molar-refractivity contribution >= 4 is 29.3 Å². The van der Waals surface area contributed by atoms with Gasteiger partial charge in [-0.15, -0.1) is 0 Å². The molecule has 0 aliphatic rings. The number of aromatic amines is 2. The number of thioether (sulfide) groups is 1. The molecule has 8 heteroatoms. The van der Waals surface area contributed by atoms with E-state index >= 15 is 0 Å². The Labute approximate surface area is 112 Å². The number of hydrogen-bond donors (Lipinski definition) is 3. The van der Waals surface area contributed by atoms with E-state index in [2.05, 4.69) is 20.3 Å². The van der Waals surface area contributed by atoms with Gasteiger partial charge in [0.15, 0.2) is 5.16 Å². The van der Waals surface area contributed by atoms with Crippen molar-refractivity contribution in [2.75, 3.05) is 16.8 Å². The van der Waals surface area contributed by atoms with Crippen molar-refractivity contribution in [1.29, 1.82) is 0 Å². The molecule has 2 aromatic rings. The zero-order valence-electron chi connectivity index (χ0n) is 9.84. The number of aromatic nitrogens is 3. The summed E-state index contributed by atoms with van der Waals surface area (Å²) < 4.78 is 0. The van der Waals surface area contributed by atoms with Crippen LogP contribution in [0.3, 0.4) is 0 Å². The molecule has 2 rings (SSSR count). The summed E-state index contributed by atoms with van der Waals surface area (Å²) in [6.07, 6.45) is 1.71. The molecule has 5 N–H and O–H groups in total. The van der Waals surface area contributed by atoms with E-state index in [0.717, 1.165) is 11.8 Å². The number of anilines is 2. The Bertz CT molecular complexity index is 628. The van der Waals surface area contributed by atoms with Crippen LogP contribution in [0, 0.1) is 0 Å². The smallest absolute Gasteiger partial charge is 0.317 e. The van der Waals surface area contributed by atoms with Crippen LogP contribution in [-0.2, 0) is 4.79 Å². The molecule has 0 fully saturated rings. The fraction of sp³-hybridized carbons (Fsp3) is 0.0909. The van der Waals surface area contributed by atoms with E-state index in [1.165, 1.54) is 6.07 Å². The summed E-state index contributed by atoms with van der Waals surface area (Å²) in [4.78, 5) is 32.1. The molecule has 98 valence electrons. The Hall–Kier alpha value is -2.35. The van der Waals surface area contributed by atoms with Crippen molar-refractivity contribution in [1.82, 2.24) is 9.97 Å². The minimum absolute atomic E-state index is 0.120. The van der Waals surface area contributed by atoms with E-state index in [4.69, 9.17) is 5.73 Å². The lowest BCUT2D eigenvalue weighted by molar-refractivity contribution is -0.360. The lowest BCUT2D eigenvalue weighted by Crippen LogP contribution is -2.20. The molecule has 19 heavy (non-hydrogen) atoms. The van der Waals surface area contributed by atoms with Gasteiger partial charge in [-0.1, -0.05) is 17.8 Å². The van der Waals surface area contributed by atoms with Crippen LogP contribution in [0.4, 0.5) is 11.6 Å². The molecule has 0 bridgehead atoms. The molecule has 0 aromatic carbocycles. The minimum atomic E-state index is -0.341. The molecule has 0 radical (unpaired) electrons. The highest BCUT2D eigenvalue weighted by Crippen LogP contribution is 2.11. The Morgan fingerprint density at radius 2 is 2.37 bits per heavy atom. The van der Waals surface area contributed by atoms with Crippen molar-refractivity contribution in [2.24, 2.45) is 0 Å². The van der Waals surface area contributed by atoms with Gasteiger partial charge in [-0.25, -0.2) is 20.1 Å². The highest BCUT2D eigenvalue weighted by Gasteiger charge is 2.11. The molecule has 0 unspecified atom stereocenters. The normalized spacial score (nSPS) is 10.1. The average molecular weight is 278 g/mol. The second kappa shape index (κ2) is 6.01. The van der Waals surface area contributed by atoms with Gasteiger partial charge >= 0.3 is 5.91 Å². The number of rotatable bonds is 4. The fourth-order valence-electron chi connectivity index (χ4n) is 1.31. The molecule has 0 atom stereocenters. The van der Waals surface area contributed by atoms with Crippen LogP contribution in [-0.4, -0.2) is 21.6 Å². The minimum Gasteiger partial charge on any atom is -0.383 e. The van der Waals surface area contributed by atoms with E-state index in [1.54, 1.807) is 18.3 Å². The second-order valence-electron chi connectivity index (χ2n) is 3.59. The van der Waals surface area contributed by atoms with Crippen molar-refractivity contribution < 1.29 is 9.78 Å². The number of nitrogens with two attached hydrogens (primary N) is 1. The van der Waals surface area contributed by atoms with Crippen molar-refractivity contribution in [3.05, 3.63) is 40.8 Å². The number of hydrogen-bond acceptors (Lipinski definition) is 5. The van der Waals surface area contributed by atoms with E-state index in [0.29, 0.717) is 11.0 Å².